The molecule has 0 aliphatic carbocycles. The van der Waals surface area contributed by atoms with Crippen molar-refractivity contribution in [3.8, 4) is 0 Å². The van der Waals surface area contributed by atoms with Crippen LogP contribution in [0.25, 0.3) is 10.8 Å². The van der Waals surface area contributed by atoms with Crippen LogP contribution in [0.2, 0.25) is 10.0 Å². The summed E-state index contributed by atoms with van der Waals surface area (Å²) in [5, 5.41) is 8.96. The second kappa shape index (κ2) is 8.20. The first-order valence-corrected chi connectivity index (χ1v) is 8.80. The van der Waals surface area contributed by atoms with E-state index in [-0.39, 0.29) is 15.7 Å². The van der Waals surface area contributed by atoms with Gasteiger partial charge < -0.3 is 5.32 Å². The summed E-state index contributed by atoms with van der Waals surface area (Å²) >= 11 is 11.9. The summed E-state index contributed by atoms with van der Waals surface area (Å²) < 4.78 is 0. The minimum absolute atomic E-state index is 0.163. The number of halogens is 2. The zero-order valence-electron chi connectivity index (χ0n) is 14.3. The third-order valence-electron chi connectivity index (χ3n) is 3.91. The fraction of sp³-hybridized carbons (Fsp3) is 0.0500. The van der Waals surface area contributed by atoms with Crippen molar-refractivity contribution in [1.29, 1.82) is 0 Å². The minimum Gasteiger partial charge on any atom is -0.316 e. The molecule has 0 unspecified atom stereocenters. The Morgan fingerprint density at radius 1 is 0.889 bits per heavy atom. The third-order valence-corrected chi connectivity index (χ3v) is 4.73. The molecule has 0 aliphatic heterocycles. The van der Waals surface area contributed by atoms with E-state index >= 15 is 0 Å². The fourth-order valence-corrected chi connectivity index (χ4v) is 2.91. The first-order valence-electron chi connectivity index (χ1n) is 8.05. The molecule has 3 aromatic rings. The topological polar surface area (TPSA) is 70.6 Å². The summed E-state index contributed by atoms with van der Waals surface area (Å²) in [4.78, 5) is 24.1. The van der Waals surface area contributed by atoms with Gasteiger partial charge in [0.05, 0.1) is 21.4 Å². The van der Waals surface area contributed by atoms with Gasteiger partial charge in [-0.3, -0.25) is 9.59 Å². The quantitative estimate of drug-likeness (QED) is 0.383. The van der Waals surface area contributed by atoms with E-state index in [1.165, 1.54) is 0 Å². The summed E-state index contributed by atoms with van der Waals surface area (Å²) in [5.41, 5.74) is 3.95. The summed E-state index contributed by atoms with van der Waals surface area (Å²) in [6.07, 6.45) is 0. The van der Waals surface area contributed by atoms with Gasteiger partial charge >= 0.3 is 11.8 Å². The average molecular weight is 400 g/mol. The normalized spacial score (nSPS) is 11.3. The smallest absolute Gasteiger partial charge is 0.316 e. The summed E-state index contributed by atoms with van der Waals surface area (Å²) in [6, 6.07) is 18.4. The van der Waals surface area contributed by atoms with Crippen molar-refractivity contribution in [3.63, 3.8) is 0 Å². The highest BCUT2D eigenvalue weighted by Gasteiger charge is 2.16. The van der Waals surface area contributed by atoms with Gasteiger partial charge in [-0.05, 0) is 29.8 Å². The van der Waals surface area contributed by atoms with Crippen LogP contribution in [0, 0.1) is 0 Å². The molecule has 0 saturated heterocycles. The molecule has 136 valence electrons. The molecule has 0 fully saturated rings. The predicted octanol–water partition coefficient (Wildman–Crippen LogP) is 4.63. The SMILES string of the molecule is C/C(=N\NC(=O)C(=O)Nc1cccc(Cl)c1Cl)c1cccc2ccccc12. The van der Waals surface area contributed by atoms with Crippen LogP contribution in [0.5, 0.6) is 0 Å². The number of fused-ring (bicyclic) bond motifs is 1. The Morgan fingerprint density at radius 3 is 2.41 bits per heavy atom. The van der Waals surface area contributed by atoms with Gasteiger partial charge in [0.1, 0.15) is 0 Å². The van der Waals surface area contributed by atoms with E-state index in [1.807, 2.05) is 42.5 Å². The Morgan fingerprint density at radius 2 is 1.59 bits per heavy atom. The lowest BCUT2D eigenvalue weighted by Crippen LogP contribution is -2.33. The molecule has 0 aliphatic rings. The molecular weight excluding hydrogens is 385 g/mol. The second-order valence-corrected chi connectivity index (χ2v) is 6.51. The van der Waals surface area contributed by atoms with Crippen LogP contribution in [-0.4, -0.2) is 17.5 Å². The molecule has 5 nitrogen and oxygen atoms in total. The number of anilines is 1. The molecule has 0 aromatic heterocycles. The van der Waals surface area contributed by atoms with Crippen molar-refractivity contribution >= 4 is 57.2 Å². The zero-order valence-corrected chi connectivity index (χ0v) is 15.8. The lowest BCUT2D eigenvalue weighted by molar-refractivity contribution is -0.136. The fourth-order valence-electron chi connectivity index (χ4n) is 2.57. The molecule has 0 atom stereocenters. The van der Waals surface area contributed by atoms with E-state index in [4.69, 9.17) is 23.2 Å². The van der Waals surface area contributed by atoms with Gasteiger partial charge in [0.15, 0.2) is 0 Å². The van der Waals surface area contributed by atoms with E-state index in [2.05, 4.69) is 15.8 Å². The molecule has 2 amide bonds. The zero-order chi connectivity index (χ0) is 19.4. The number of carbonyl (C=O) groups is 2. The molecule has 27 heavy (non-hydrogen) atoms. The third kappa shape index (κ3) is 4.27. The van der Waals surface area contributed by atoms with Crippen LogP contribution >= 0.6 is 23.2 Å². The van der Waals surface area contributed by atoms with Gasteiger partial charge in [-0.1, -0.05) is 71.7 Å². The monoisotopic (exact) mass is 399 g/mol. The number of nitrogens with zero attached hydrogens (tertiary/aromatic N) is 1. The van der Waals surface area contributed by atoms with Gasteiger partial charge in [-0.25, -0.2) is 5.43 Å². The van der Waals surface area contributed by atoms with E-state index in [9.17, 15) is 9.59 Å². The van der Waals surface area contributed by atoms with E-state index in [0.29, 0.717) is 5.71 Å². The molecule has 0 spiro atoms. The van der Waals surface area contributed by atoms with Crippen molar-refractivity contribution in [2.75, 3.05) is 5.32 Å². The van der Waals surface area contributed by atoms with Crippen molar-refractivity contribution in [3.05, 3.63) is 76.3 Å². The highest BCUT2D eigenvalue weighted by atomic mass is 35.5. The van der Waals surface area contributed by atoms with Crippen LogP contribution in [0.1, 0.15) is 12.5 Å². The van der Waals surface area contributed by atoms with Crippen LogP contribution in [-0.2, 0) is 9.59 Å². The Labute approximate surface area is 166 Å². The van der Waals surface area contributed by atoms with Crippen LogP contribution in [0.4, 0.5) is 5.69 Å². The van der Waals surface area contributed by atoms with Crippen LogP contribution in [0.15, 0.2) is 65.8 Å². The van der Waals surface area contributed by atoms with Gasteiger partial charge in [-0.15, -0.1) is 0 Å². The predicted molar refractivity (Wildman–Crippen MR) is 109 cm³/mol. The Kier molecular flexibility index (Phi) is 5.74. The van der Waals surface area contributed by atoms with E-state index in [0.717, 1.165) is 16.3 Å². The standard InChI is InChI=1S/C20H15Cl2N3O2/c1-12(14-9-4-7-13-6-2-3-8-15(13)14)24-25-20(27)19(26)23-17-11-5-10-16(21)18(17)22/h2-11H,1H3,(H,23,26)(H,25,27)/b24-12+. The lowest BCUT2D eigenvalue weighted by Gasteiger charge is -2.08. The maximum atomic E-state index is 12.0. The largest absolute Gasteiger partial charge is 0.329 e. The highest BCUT2D eigenvalue weighted by molar-refractivity contribution is 6.45. The van der Waals surface area contributed by atoms with Crippen molar-refractivity contribution in [2.24, 2.45) is 5.10 Å². The molecule has 2 N–H and O–H groups in total. The average Bonchev–Trinajstić information content (AvgIpc) is 2.68. The van der Waals surface area contributed by atoms with Gasteiger partial charge in [0.2, 0.25) is 0 Å². The highest BCUT2D eigenvalue weighted by Crippen LogP contribution is 2.29. The Bertz CT molecular complexity index is 1060. The van der Waals surface area contributed by atoms with E-state index in [1.54, 1.807) is 25.1 Å². The van der Waals surface area contributed by atoms with Crippen molar-refractivity contribution < 1.29 is 9.59 Å². The minimum atomic E-state index is -0.911. The molecular formula is C20H15Cl2N3O2. The van der Waals surface area contributed by atoms with Crippen molar-refractivity contribution in [1.82, 2.24) is 5.43 Å². The van der Waals surface area contributed by atoms with Gasteiger partial charge in [-0.2, -0.15) is 5.10 Å². The summed E-state index contributed by atoms with van der Waals surface area (Å²) in [6.45, 7) is 1.76. The first-order chi connectivity index (χ1) is 13.0. The molecule has 3 rings (SSSR count). The van der Waals surface area contributed by atoms with Crippen LogP contribution in [0.3, 0.4) is 0 Å². The lowest BCUT2D eigenvalue weighted by atomic mass is 10.0. The maximum absolute atomic E-state index is 12.0. The number of amides is 2. The molecule has 7 heteroatoms. The number of nitrogens with one attached hydrogen (secondary N) is 2. The number of hydrogen-bond acceptors (Lipinski definition) is 3. The number of hydrazone groups is 1. The summed E-state index contributed by atoms with van der Waals surface area (Å²) in [5.74, 6) is -1.81. The second-order valence-electron chi connectivity index (χ2n) is 5.72. The van der Waals surface area contributed by atoms with Crippen LogP contribution < -0.4 is 10.7 Å². The Hall–Kier alpha value is -2.89. The molecule has 0 radical (unpaired) electrons. The van der Waals surface area contributed by atoms with E-state index < -0.39 is 11.8 Å². The van der Waals surface area contributed by atoms with Gasteiger partial charge in [0, 0.05) is 5.56 Å². The number of hydrogen-bond donors (Lipinski definition) is 2. The molecule has 0 saturated carbocycles. The first kappa shape index (κ1) is 18.9. The number of rotatable bonds is 3. The summed E-state index contributed by atoms with van der Waals surface area (Å²) in [7, 11) is 0. The molecule has 0 bridgehead atoms. The van der Waals surface area contributed by atoms with Gasteiger partial charge in [0.25, 0.3) is 0 Å². The van der Waals surface area contributed by atoms with Crippen molar-refractivity contribution in [2.45, 2.75) is 6.92 Å². The Balaban J connectivity index is 1.73. The number of benzene rings is 3. The maximum Gasteiger partial charge on any atom is 0.329 e. The molecule has 3 aromatic carbocycles. The number of carbonyl (C=O) groups excluding carboxylic acids is 2. The molecule has 0 heterocycles.